The van der Waals surface area contributed by atoms with E-state index in [2.05, 4.69) is 15.9 Å². The second-order valence-corrected chi connectivity index (χ2v) is 6.82. The van der Waals surface area contributed by atoms with Crippen molar-refractivity contribution in [3.8, 4) is 5.75 Å². The van der Waals surface area contributed by atoms with Crippen LogP contribution in [0, 0.1) is 20.8 Å². The highest BCUT2D eigenvalue weighted by Crippen LogP contribution is 2.42. The quantitative estimate of drug-likeness (QED) is 0.556. The lowest BCUT2D eigenvalue weighted by atomic mass is 9.96. The fourth-order valence-electron chi connectivity index (χ4n) is 2.38. The summed E-state index contributed by atoms with van der Waals surface area (Å²) in [5.41, 5.74) is 5.11. The van der Waals surface area contributed by atoms with E-state index in [0.29, 0.717) is 0 Å². The van der Waals surface area contributed by atoms with Crippen LogP contribution in [0.4, 0.5) is 0 Å². The number of methoxy groups -OCH3 is 1. The molecule has 21 heavy (non-hydrogen) atoms. The van der Waals surface area contributed by atoms with E-state index in [4.69, 9.17) is 27.9 Å². The average molecular weight is 388 g/mol. The molecule has 0 aliphatic heterocycles. The third kappa shape index (κ3) is 3.23. The highest BCUT2D eigenvalue weighted by Gasteiger charge is 2.22. The van der Waals surface area contributed by atoms with E-state index in [0.717, 1.165) is 43.1 Å². The number of alkyl halides is 1. The molecule has 2 aromatic carbocycles. The fourth-order valence-corrected chi connectivity index (χ4v) is 3.53. The summed E-state index contributed by atoms with van der Waals surface area (Å²) in [6, 6.07) is 7.96. The van der Waals surface area contributed by atoms with Crippen LogP contribution in [0.3, 0.4) is 0 Å². The molecule has 1 unspecified atom stereocenters. The van der Waals surface area contributed by atoms with Gasteiger partial charge in [0.25, 0.3) is 0 Å². The molecular weight excluding hydrogens is 371 g/mol. The standard InChI is InChI=1S/C17H17BrCl2O/c1-9-5-6-12(8-14(9)19)16(20)15-11(3)13(18)7-10(2)17(15)21-4/h5-8,16H,1-4H3. The first-order valence-electron chi connectivity index (χ1n) is 6.60. The summed E-state index contributed by atoms with van der Waals surface area (Å²) in [7, 11) is 1.67. The minimum absolute atomic E-state index is 0.311. The molecule has 0 aromatic heterocycles. The van der Waals surface area contributed by atoms with E-state index in [1.165, 1.54) is 0 Å². The number of ether oxygens (including phenoxy) is 1. The maximum Gasteiger partial charge on any atom is 0.127 e. The van der Waals surface area contributed by atoms with Crippen molar-refractivity contribution in [2.45, 2.75) is 26.1 Å². The van der Waals surface area contributed by atoms with Gasteiger partial charge >= 0.3 is 0 Å². The van der Waals surface area contributed by atoms with Gasteiger partial charge in [0.2, 0.25) is 0 Å². The van der Waals surface area contributed by atoms with Crippen LogP contribution in [0.5, 0.6) is 5.75 Å². The molecule has 4 heteroatoms. The smallest absolute Gasteiger partial charge is 0.127 e. The molecule has 1 nitrogen and oxygen atoms in total. The minimum Gasteiger partial charge on any atom is -0.496 e. The predicted octanol–water partition coefficient (Wildman–Crippen LogP) is 6.36. The summed E-state index contributed by atoms with van der Waals surface area (Å²) in [6.45, 7) is 6.02. The van der Waals surface area contributed by atoms with Crippen molar-refractivity contribution in [3.05, 3.63) is 61.6 Å². The van der Waals surface area contributed by atoms with Crippen LogP contribution in [0.1, 0.15) is 33.2 Å². The molecule has 0 saturated heterocycles. The van der Waals surface area contributed by atoms with Crippen LogP contribution in [-0.4, -0.2) is 7.11 Å². The van der Waals surface area contributed by atoms with Gasteiger partial charge in [0.05, 0.1) is 12.5 Å². The van der Waals surface area contributed by atoms with E-state index in [-0.39, 0.29) is 5.38 Å². The van der Waals surface area contributed by atoms with Crippen molar-refractivity contribution in [1.29, 1.82) is 0 Å². The molecule has 0 bridgehead atoms. The highest BCUT2D eigenvalue weighted by atomic mass is 79.9. The Bertz CT molecular complexity index is 683. The molecule has 0 heterocycles. The van der Waals surface area contributed by atoms with Gasteiger partial charge in [-0.1, -0.05) is 39.7 Å². The van der Waals surface area contributed by atoms with Crippen molar-refractivity contribution < 1.29 is 4.74 Å². The maximum absolute atomic E-state index is 6.73. The first kappa shape index (κ1) is 16.7. The Hall–Kier alpha value is -0.700. The Morgan fingerprint density at radius 3 is 2.33 bits per heavy atom. The third-order valence-corrected chi connectivity index (χ3v) is 5.36. The van der Waals surface area contributed by atoms with Crippen LogP contribution in [0.25, 0.3) is 0 Å². The molecule has 0 fully saturated rings. The van der Waals surface area contributed by atoms with Gasteiger partial charge in [0, 0.05) is 15.1 Å². The zero-order valence-corrected chi connectivity index (χ0v) is 15.5. The molecule has 2 aromatic rings. The summed E-state index contributed by atoms with van der Waals surface area (Å²) in [4.78, 5) is 0. The number of benzene rings is 2. The molecule has 1 atom stereocenters. The Kier molecular flexibility index (Phi) is 5.24. The normalized spacial score (nSPS) is 12.3. The molecule has 112 valence electrons. The second-order valence-electron chi connectivity index (χ2n) is 5.12. The molecule has 0 spiro atoms. The zero-order chi connectivity index (χ0) is 15.7. The maximum atomic E-state index is 6.73. The van der Waals surface area contributed by atoms with E-state index in [1.54, 1.807) is 7.11 Å². The minimum atomic E-state index is -0.311. The first-order valence-corrected chi connectivity index (χ1v) is 8.21. The Labute approximate surface area is 144 Å². The van der Waals surface area contributed by atoms with Crippen LogP contribution < -0.4 is 4.74 Å². The van der Waals surface area contributed by atoms with Crippen molar-refractivity contribution in [3.63, 3.8) is 0 Å². The lowest BCUT2D eigenvalue weighted by molar-refractivity contribution is 0.406. The average Bonchev–Trinajstić information content (AvgIpc) is 2.44. The van der Waals surface area contributed by atoms with E-state index < -0.39 is 0 Å². The Morgan fingerprint density at radius 1 is 1.10 bits per heavy atom. The Morgan fingerprint density at radius 2 is 1.76 bits per heavy atom. The second kappa shape index (κ2) is 6.60. The van der Waals surface area contributed by atoms with Crippen molar-refractivity contribution >= 4 is 39.1 Å². The number of hydrogen-bond donors (Lipinski definition) is 0. The lowest BCUT2D eigenvalue weighted by Crippen LogP contribution is -2.03. The SMILES string of the molecule is COc1c(C)cc(Br)c(C)c1C(Cl)c1ccc(C)c(Cl)c1. The summed E-state index contributed by atoms with van der Waals surface area (Å²) in [6.07, 6.45) is 0. The number of hydrogen-bond acceptors (Lipinski definition) is 1. The van der Waals surface area contributed by atoms with Gasteiger partial charge in [-0.05, 0) is 55.2 Å². The van der Waals surface area contributed by atoms with Gasteiger partial charge in [0.15, 0.2) is 0 Å². The van der Waals surface area contributed by atoms with Gasteiger partial charge in [-0.15, -0.1) is 11.6 Å². The van der Waals surface area contributed by atoms with E-state index in [1.807, 2.05) is 45.0 Å². The van der Waals surface area contributed by atoms with Gasteiger partial charge in [-0.2, -0.15) is 0 Å². The van der Waals surface area contributed by atoms with Crippen molar-refractivity contribution in [2.75, 3.05) is 7.11 Å². The predicted molar refractivity (Wildman–Crippen MR) is 94.1 cm³/mol. The van der Waals surface area contributed by atoms with Crippen LogP contribution >= 0.6 is 39.1 Å². The molecule has 0 amide bonds. The molecule has 0 radical (unpaired) electrons. The van der Waals surface area contributed by atoms with Gasteiger partial charge < -0.3 is 4.74 Å². The third-order valence-electron chi connectivity index (χ3n) is 3.65. The largest absolute Gasteiger partial charge is 0.496 e. The molecule has 0 aliphatic carbocycles. The van der Waals surface area contributed by atoms with Gasteiger partial charge in [0.1, 0.15) is 5.75 Å². The summed E-state index contributed by atoms with van der Waals surface area (Å²) >= 11 is 16.5. The highest BCUT2D eigenvalue weighted by molar-refractivity contribution is 9.10. The first-order chi connectivity index (χ1) is 9.86. The van der Waals surface area contributed by atoms with Crippen molar-refractivity contribution in [2.24, 2.45) is 0 Å². The van der Waals surface area contributed by atoms with Gasteiger partial charge in [-0.3, -0.25) is 0 Å². The number of halogens is 3. The van der Waals surface area contributed by atoms with Crippen LogP contribution in [0.15, 0.2) is 28.7 Å². The monoisotopic (exact) mass is 386 g/mol. The van der Waals surface area contributed by atoms with E-state index >= 15 is 0 Å². The molecule has 0 aliphatic rings. The van der Waals surface area contributed by atoms with E-state index in [9.17, 15) is 0 Å². The van der Waals surface area contributed by atoms with Crippen LogP contribution in [0.2, 0.25) is 5.02 Å². The zero-order valence-electron chi connectivity index (χ0n) is 12.4. The van der Waals surface area contributed by atoms with Crippen LogP contribution in [-0.2, 0) is 0 Å². The molecular formula is C17H17BrCl2O. The number of aryl methyl sites for hydroxylation is 2. The molecule has 0 saturated carbocycles. The lowest BCUT2D eigenvalue weighted by Gasteiger charge is -2.20. The fraction of sp³-hybridized carbons (Fsp3) is 0.294. The summed E-state index contributed by atoms with van der Waals surface area (Å²) < 4.78 is 6.60. The Balaban J connectivity index is 2.62. The summed E-state index contributed by atoms with van der Waals surface area (Å²) in [5.74, 6) is 0.826. The number of rotatable bonds is 3. The summed E-state index contributed by atoms with van der Waals surface area (Å²) in [5, 5.41) is 0.413. The molecule has 0 N–H and O–H groups in total. The van der Waals surface area contributed by atoms with Crippen molar-refractivity contribution in [1.82, 2.24) is 0 Å². The van der Waals surface area contributed by atoms with Gasteiger partial charge in [-0.25, -0.2) is 0 Å². The molecule has 2 rings (SSSR count). The topological polar surface area (TPSA) is 9.23 Å².